The predicted octanol–water partition coefficient (Wildman–Crippen LogP) is 5.14. The summed E-state index contributed by atoms with van der Waals surface area (Å²) in [5.41, 5.74) is 2.60. The molecule has 0 saturated carbocycles. The molecule has 0 saturated heterocycles. The number of furan rings is 1. The number of benzene rings is 1. The van der Waals surface area contributed by atoms with E-state index in [1.54, 1.807) is 23.7 Å². The van der Waals surface area contributed by atoms with Crippen molar-refractivity contribution in [3.8, 4) is 0 Å². The van der Waals surface area contributed by atoms with E-state index in [2.05, 4.69) is 20.3 Å². The van der Waals surface area contributed by atoms with Crippen molar-refractivity contribution in [1.82, 2.24) is 20.2 Å². The van der Waals surface area contributed by atoms with E-state index in [0.717, 1.165) is 22.0 Å². The van der Waals surface area contributed by atoms with E-state index in [4.69, 9.17) is 20.4 Å². The van der Waals surface area contributed by atoms with E-state index >= 15 is 0 Å². The molecule has 4 heterocycles. The standard InChI is InChI=1S/C22H18ClN5O3S2/c1-13-24-16(11-32-13)9-20-25-26-22(31-20)33-12-21(29)28-18(19-3-2-8-30-19)10-17(27-28)14-4-6-15(23)7-5-14/h2-8,11,18H,9-10,12H2,1H3/t18-/m1/s1. The van der Waals surface area contributed by atoms with Crippen molar-refractivity contribution in [1.29, 1.82) is 0 Å². The molecule has 0 aliphatic carbocycles. The fourth-order valence-electron chi connectivity index (χ4n) is 3.46. The Bertz CT molecular complexity index is 1280. The second-order valence-electron chi connectivity index (χ2n) is 7.31. The second kappa shape index (κ2) is 9.50. The van der Waals surface area contributed by atoms with Gasteiger partial charge in [-0.15, -0.1) is 21.5 Å². The summed E-state index contributed by atoms with van der Waals surface area (Å²) in [7, 11) is 0. The summed E-state index contributed by atoms with van der Waals surface area (Å²) in [5, 5.41) is 18.1. The Morgan fingerprint density at radius 1 is 1.27 bits per heavy atom. The first-order chi connectivity index (χ1) is 16.0. The van der Waals surface area contributed by atoms with Crippen molar-refractivity contribution < 1.29 is 13.6 Å². The number of carbonyl (C=O) groups is 1. The van der Waals surface area contributed by atoms with E-state index in [9.17, 15) is 4.79 Å². The molecule has 0 radical (unpaired) electrons. The summed E-state index contributed by atoms with van der Waals surface area (Å²) >= 11 is 8.77. The van der Waals surface area contributed by atoms with Crippen molar-refractivity contribution in [2.75, 3.05) is 5.75 Å². The number of aromatic nitrogens is 3. The molecule has 1 aromatic carbocycles. The van der Waals surface area contributed by atoms with Crippen molar-refractivity contribution in [2.24, 2.45) is 5.10 Å². The van der Waals surface area contributed by atoms with Gasteiger partial charge in [-0.1, -0.05) is 35.5 Å². The van der Waals surface area contributed by atoms with Gasteiger partial charge in [-0.05, 0) is 36.8 Å². The number of thioether (sulfide) groups is 1. The number of hydrogen-bond donors (Lipinski definition) is 0. The molecule has 0 fully saturated rings. The zero-order chi connectivity index (χ0) is 22.8. The smallest absolute Gasteiger partial charge is 0.277 e. The third kappa shape index (κ3) is 5.02. The molecule has 1 aliphatic heterocycles. The maximum Gasteiger partial charge on any atom is 0.277 e. The number of hydrazone groups is 1. The molecule has 1 atom stereocenters. The summed E-state index contributed by atoms with van der Waals surface area (Å²) in [5.74, 6) is 1.07. The fraction of sp³-hybridized carbons (Fsp3) is 0.227. The molecule has 0 bridgehead atoms. The van der Waals surface area contributed by atoms with Crippen LogP contribution in [-0.2, 0) is 11.2 Å². The van der Waals surface area contributed by atoms with Crippen LogP contribution in [0, 0.1) is 6.92 Å². The molecule has 33 heavy (non-hydrogen) atoms. The van der Waals surface area contributed by atoms with Gasteiger partial charge in [-0.2, -0.15) is 5.10 Å². The van der Waals surface area contributed by atoms with Gasteiger partial charge in [0.2, 0.25) is 5.89 Å². The van der Waals surface area contributed by atoms with Gasteiger partial charge in [0.15, 0.2) is 0 Å². The molecule has 0 spiro atoms. The minimum absolute atomic E-state index is 0.103. The van der Waals surface area contributed by atoms with Crippen LogP contribution in [0.5, 0.6) is 0 Å². The number of hydrogen-bond acceptors (Lipinski definition) is 9. The average Bonchev–Trinajstić information content (AvgIpc) is 3.60. The molecule has 11 heteroatoms. The molecule has 0 unspecified atom stereocenters. The van der Waals surface area contributed by atoms with Crippen LogP contribution in [0.15, 0.2) is 67.2 Å². The van der Waals surface area contributed by atoms with Gasteiger partial charge in [0.05, 0.1) is 34.9 Å². The van der Waals surface area contributed by atoms with Gasteiger partial charge in [0.25, 0.3) is 11.1 Å². The first kappa shape index (κ1) is 21.9. The maximum absolute atomic E-state index is 13.1. The number of amides is 1. The Labute approximate surface area is 202 Å². The number of carbonyl (C=O) groups excluding carboxylic acids is 1. The van der Waals surface area contributed by atoms with Gasteiger partial charge in [0, 0.05) is 16.8 Å². The lowest BCUT2D eigenvalue weighted by atomic mass is 10.0. The Kier molecular flexibility index (Phi) is 6.30. The van der Waals surface area contributed by atoms with Crippen LogP contribution < -0.4 is 0 Å². The number of nitrogens with zero attached hydrogens (tertiary/aromatic N) is 5. The van der Waals surface area contributed by atoms with Crippen molar-refractivity contribution >= 4 is 46.3 Å². The molecule has 0 N–H and O–H groups in total. The highest BCUT2D eigenvalue weighted by molar-refractivity contribution is 7.99. The molecule has 3 aromatic heterocycles. The zero-order valence-electron chi connectivity index (χ0n) is 17.5. The topological polar surface area (TPSA) is 97.6 Å². The van der Waals surface area contributed by atoms with Crippen LogP contribution in [0.1, 0.15) is 40.4 Å². The highest BCUT2D eigenvalue weighted by Crippen LogP contribution is 2.34. The van der Waals surface area contributed by atoms with Crippen LogP contribution >= 0.6 is 34.7 Å². The van der Waals surface area contributed by atoms with E-state index in [0.29, 0.717) is 34.7 Å². The van der Waals surface area contributed by atoms with E-state index in [1.807, 2.05) is 42.6 Å². The number of thiazole rings is 1. The lowest BCUT2D eigenvalue weighted by molar-refractivity contribution is -0.130. The molecular weight excluding hydrogens is 482 g/mol. The summed E-state index contributed by atoms with van der Waals surface area (Å²) < 4.78 is 11.3. The molecule has 8 nitrogen and oxygen atoms in total. The predicted molar refractivity (Wildman–Crippen MR) is 126 cm³/mol. The van der Waals surface area contributed by atoms with Crippen molar-refractivity contribution in [3.63, 3.8) is 0 Å². The molecule has 1 aliphatic rings. The van der Waals surface area contributed by atoms with Gasteiger partial charge in [0.1, 0.15) is 11.8 Å². The summed E-state index contributed by atoms with van der Waals surface area (Å²) in [4.78, 5) is 17.5. The summed E-state index contributed by atoms with van der Waals surface area (Å²) in [6.45, 7) is 1.95. The Balaban J connectivity index is 1.28. The Morgan fingerprint density at radius 2 is 2.12 bits per heavy atom. The minimum atomic E-state index is -0.315. The maximum atomic E-state index is 13.1. The first-order valence-electron chi connectivity index (χ1n) is 10.1. The monoisotopic (exact) mass is 499 g/mol. The minimum Gasteiger partial charge on any atom is -0.467 e. The molecule has 5 rings (SSSR count). The highest BCUT2D eigenvalue weighted by atomic mass is 35.5. The fourth-order valence-corrected chi connectivity index (χ4v) is 4.83. The third-order valence-corrected chi connectivity index (χ3v) is 6.86. The summed E-state index contributed by atoms with van der Waals surface area (Å²) in [6, 6.07) is 10.7. The lowest BCUT2D eigenvalue weighted by Gasteiger charge is -2.19. The van der Waals surface area contributed by atoms with E-state index in [1.165, 1.54) is 16.8 Å². The molecular formula is C22H18ClN5O3S2. The first-order valence-corrected chi connectivity index (χ1v) is 12.3. The normalized spacial score (nSPS) is 15.8. The summed E-state index contributed by atoms with van der Waals surface area (Å²) in [6.07, 6.45) is 2.60. The van der Waals surface area contributed by atoms with Gasteiger partial charge < -0.3 is 8.83 Å². The van der Waals surface area contributed by atoms with Gasteiger partial charge in [-0.3, -0.25) is 4.79 Å². The quantitative estimate of drug-likeness (QED) is 0.324. The SMILES string of the molecule is Cc1nc(Cc2nnc(SCC(=O)N3N=C(c4ccc(Cl)cc4)C[C@@H]3c3ccco3)o2)cs1. The van der Waals surface area contributed by atoms with Crippen LogP contribution in [0.25, 0.3) is 0 Å². The average molecular weight is 500 g/mol. The third-order valence-electron chi connectivity index (χ3n) is 4.98. The molecule has 1 amide bonds. The van der Waals surface area contributed by atoms with Crippen molar-refractivity contribution in [3.05, 3.63) is 81.0 Å². The van der Waals surface area contributed by atoms with Crippen LogP contribution in [-0.4, -0.2) is 37.6 Å². The largest absolute Gasteiger partial charge is 0.467 e. The second-order valence-corrected chi connectivity index (χ2v) is 9.74. The van der Waals surface area contributed by atoms with Crippen LogP contribution in [0.3, 0.4) is 0 Å². The number of halogens is 1. The Hall–Kier alpha value is -2.95. The number of rotatable bonds is 7. The van der Waals surface area contributed by atoms with Crippen LogP contribution in [0.2, 0.25) is 5.02 Å². The van der Waals surface area contributed by atoms with Gasteiger partial charge >= 0.3 is 0 Å². The lowest BCUT2D eigenvalue weighted by Crippen LogP contribution is -2.28. The molecule has 168 valence electrons. The van der Waals surface area contributed by atoms with Gasteiger partial charge in [-0.25, -0.2) is 9.99 Å². The molecule has 4 aromatic rings. The number of aryl methyl sites for hydroxylation is 1. The van der Waals surface area contributed by atoms with Crippen LogP contribution in [0.4, 0.5) is 0 Å². The Morgan fingerprint density at radius 3 is 2.85 bits per heavy atom. The zero-order valence-corrected chi connectivity index (χ0v) is 19.9. The van der Waals surface area contributed by atoms with E-state index < -0.39 is 0 Å². The van der Waals surface area contributed by atoms with Crippen molar-refractivity contribution in [2.45, 2.75) is 31.0 Å². The highest BCUT2D eigenvalue weighted by Gasteiger charge is 2.35. The van der Waals surface area contributed by atoms with E-state index in [-0.39, 0.29) is 17.7 Å².